The first-order chi connectivity index (χ1) is 9.77. The van der Waals surface area contributed by atoms with Crippen LogP contribution in [0.15, 0.2) is 42.5 Å². The van der Waals surface area contributed by atoms with Crippen LogP contribution in [0, 0.1) is 0 Å². The van der Waals surface area contributed by atoms with E-state index < -0.39 is 18.2 Å². The van der Waals surface area contributed by atoms with E-state index in [-0.39, 0.29) is 22.6 Å². The minimum Gasteiger partial charge on any atom is -0.399 e. The predicted molar refractivity (Wildman–Crippen MR) is 70.5 cm³/mol. The molecule has 0 radical (unpaired) electrons. The zero-order valence-electron chi connectivity index (χ0n) is 10.6. The number of nitrogens with one attached hydrogen (secondary N) is 1. The van der Waals surface area contributed by atoms with E-state index in [0.717, 1.165) is 18.2 Å². The minimum absolute atomic E-state index is 0.0963. The number of anilines is 3. The molecular weight excluding hydrogens is 291 g/mol. The van der Waals surface area contributed by atoms with Crippen LogP contribution in [-0.4, -0.2) is 0 Å². The van der Waals surface area contributed by atoms with E-state index in [2.05, 4.69) is 5.32 Å². The summed E-state index contributed by atoms with van der Waals surface area (Å²) >= 11 is 0. The van der Waals surface area contributed by atoms with Crippen LogP contribution >= 0.6 is 0 Å². The van der Waals surface area contributed by atoms with Crippen LogP contribution in [0.4, 0.5) is 39.0 Å². The lowest BCUT2D eigenvalue weighted by molar-refractivity contribution is -0.137. The first-order valence-electron chi connectivity index (χ1n) is 5.89. The summed E-state index contributed by atoms with van der Waals surface area (Å²) in [6, 6.07) is 8.01. The fourth-order valence-electron chi connectivity index (χ4n) is 1.77. The van der Waals surface area contributed by atoms with Gasteiger partial charge in [0.25, 0.3) is 6.43 Å². The third-order valence-electron chi connectivity index (χ3n) is 2.80. The smallest absolute Gasteiger partial charge is 0.399 e. The van der Waals surface area contributed by atoms with Crippen molar-refractivity contribution in [2.24, 2.45) is 0 Å². The summed E-state index contributed by atoms with van der Waals surface area (Å²) in [5, 5.41) is 2.66. The summed E-state index contributed by atoms with van der Waals surface area (Å²) in [6.07, 6.45) is -7.18. The number of nitrogens with two attached hydrogens (primary N) is 1. The number of rotatable bonds is 3. The van der Waals surface area contributed by atoms with Gasteiger partial charge >= 0.3 is 6.18 Å². The van der Waals surface area contributed by atoms with Gasteiger partial charge in [-0.05, 0) is 42.5 Å². The monoisotopic (exact) mass is 302 g/mol. The van der Waals surface area contributed by atoms with Crippen molar-refractivity contribution in [3.63, 3.8) is 0 Å². The lowest BCUT2D eigenvalue weighted by atomic mass is 10.1. The molecule has 0 aliphatic rings. The van der Waals surface area contributed by atoms with Gasteiger partial charge in [0.2, 0.25) is 0 Å². The molecule has 0 atom stereocenters. The highest BCUT2D eigenvalue weighted by Crippen LogP contribution is 2.33. The van der Waals surface area contributed by atoms with Crippen LogP contribution in [0.5, 0.6) is 0 Å². The molecule has 2 aromatic carbocycles. The highest BCUT2D eigenvalue weighted by atomic mass is 19.4. The zero-order chi connectivity index (χ0) is 15.6. The molecule has 0 aliphatic heterocycles. The molecule has 0 bridgehead atoms. The van der Waals surface area contributed by atoms with Crippen LogP contribution in [0.25, 0.3) is 0 Å². The molecule has 0 aliphatic carbocycles. The number of benzene rings is 2. The normalized spacial score (nSPS) is 11.7. The Labute approximate surface area is 117 Å². The first-order valence-corrected chi connectivity index (χ1v) is 5.89. The molecule has 3 N–H and O–H groups in total. The molecule has 0 saturated carbocycles. The van der Waals surface area contributed by atoms with E-state index in [9.17, 15) is 22.0 Å². The van der Waals surface area contributed by atoms with Gasteiger partial charge < -0.3 is 11.1 Å². The molecule has 21 heavy (non-hydrogen) atoms. The summed E-state index contributed by atoms with van der Waals surface area (Å²) in [5.74, 6) is 0. The Hall–Kier alpha value is -2.31. The Morgan fingerprint density at radius 2 is 1.57 bits per heavy atom. The molecule has 0 amide bonds. The Morgan fingerprint density at radius 1 is 0.952 bits per heavy atom. The topological polar surface area (TPSA) is 38.0 Å². The van der Waals surface area contributed by atoms with Gasteiger partial charge in [0.05, 0.1) is 5.56 Å². The van der Waals surface area contributed by atoms with Crippen LogP contribution in [0.3, 0.4) is 0 Å². The largest absolute Gasteiger partial charge is 0.416 e. The summed E-state index contributed by atoms with van der Waals surface area (Å²) < 4.78 is 63.1. The minimum atomic E-state index is -4.44. The predicted octanol–water partition coefficient (Wildman–Crippen LogP) is 4.97. The maximum absolute atomic E-state index is 12.9. The number of hydrogen-bond donors (Lipinski definition) is 2. The highest BCUT2D eigenvalue weighted by molar-refractivity contribution is 5.66. The summed E-state index contributed by atoms with van der Waals surface area (Å²) in [6.45, 7) is 0. The van der Waals surface area contributed by atoms with E-state index in [1.165, 1.54) is 24.3 Å². The van der Waals surface area contributed by atoms with E-state index in [1.807, 2.05) is 0 Å². The van der Waals surface area contributed by atoms with Gasteiger partial charge in [0, 0.05) is 22.6 Å². The molecule has 0 heterocycles. The maximum atomic E-state index is 12.9. The van der Waals surface area contributed by atoms with E-state index in [4.69, 9.17) is 5.73 Å². The van der Waals surface area contributed by atoms with Crippen molar-refractivity contribution in [2.45, 2.75) is 12.6 Å². The first kappa shape index (κ1) is 15.1. The van der Waals surface area contributed by atoms with Crippen LogP contribution in [-0.2, 0) is 6.18 Å². The number of alkyl halides is 5. The van der Waals surface area contributed by atoms with Crippen molar-refractivity contribution in [1.82, 2.24) is 0 Å². The summed E-state index contributed by atoms with van der Waals surface area (Å²) in [4.78, 5) is 0. The van der Waals surface area contributed by atoms with E-state index >= 15 is 0 Å². The van der Waals surface area contributed by atoms with Crippen molar-refractivity contribution in [2.75, 3.05) is 11.1 Å². The van der Waals surface area contributed by atoms with Crippen molar-refractivity contribution >= 4 is 17.1 Å². The van der Waals surface area contributed by atoms with Crippen LogP contribution in [0.2, 0.25) is 0 Å². The lowest BCUT2D eigenvalue weighted by Crippen LogP contribution is -2.04. The molecule has 0 aromatic heterocycles. The molecule has 0 fully saturated rings. The number of halogens is 5. The van der Waals surface area contributed by atoms with Gasteiger partial charge in [-0.3, -0.25) is 0 Å². The quantitative estimate of drug-likeness (QED) is 0.620. The van der Waals surface area contributed by atoms with Crippen LogP contribution < -0.4 is 11.1 Å². The van der Waals surface area contributed by atoms with Gasteiger partial charge in [-0.25, -0.2) is 8.78 Å². The SMILES string of the molecule is Nc1ccc(Nc2ccc(C(F)(F)F)cc2)c(C(F)F)c1. The standard InChI is InChI=1S/C14H11F5N2/c15-13(16)11-7-9(20)3-6-12(11)21-10-4-1-8(2-5-10)14(17,18)19/h1-7,13,21H,20H2. The van der Waals surface area contributed by atoms with E-state index in [0.29, 0.717) is 0 Å². The fraction of sp³-hybridized carbons (Fsp3) is 0.143. The second-order valence-electron chi connectivity index (χ2n) is 4.35. The van der Waals surface area contributed by atoms with Gasteiger partial charge in [-0.1, -0.05) is 0 Å². The molecule has 7 heteroatoms. The molecule has 0 saturated heterocycles. The number of nitrogen functional groups attached to an aromatic ring is 1. The van der Waals surface area contributed by atoms with Crippen LogP contribution in [0.1, 0.15) is 17.6 Å². The molecule has 2 aromatic rings. The van der Waals surface area contributed by atoms with E-state index in [1.54, 1.807) is 0 Å². The average Bonchev–Trinajstić information content (AvgIpc) is 2.40. The molecule has 0 unspecified atom stereocenters. The zero-order valence-corrected chi connectivity index (χ0v) is 10.6. The third-order valence-corrected chi connectivity index (χ3v) is 2.80. The second kappa shape index (κ2) is 5.59. The Bertz CT molecular complexity index is 620. The molecule has 0 spiro atoms. The fourth-order valence-corrected chi connectivity index (χ4v) is 1.77. The Balaban J connectivity index is 2.26. The second-order valence-corrected chi connectivity index (χ2v) is 4.35. The molecule has 2 rings (SSSR count). The lowest BCUT2D eigenvalue weighted by Gasteiger charge is -2.13. The molecular formula is C14H11F5N2. The van der Waals surface area contributed by atoms with Crippen molar-refractivity contribution in [1.29, 1.82) is 0 Å². The maximum Gasteiger partial charge on any atom is 0.416 e. The molecule has 112 valence electrons. The Morgan fingerprint density at radius 3 is 2.10 bits per heavy atom. The van der Waals surface area contributed by atoms with Crippen molar-refractivity contribution < 1.29 is 22.0 Å². The number of hydrogen-bond acceptors (Lipinski definition) is 2. The van der Waals surface area contributed by atoms with Gasteiger partial charge in [-0.2, -0.15) is 13.2 Å². The summed E-state index contributed by atoms with van der Waals surface area (Å²) in [5.41, 5.74) is 4.88. The Kier molecular flexibility index (Phi) is 4.02. The third kappa shape index (κ3) is 3.62. The van der Waals surface area contributed by atoms with Gasteiger partial charge in [-0.15, -0.1) is 0 Å². The molecule has 2 nitrogen and oxygen atoms in total. The average molecular weight is 302 g/mol. The highest BCUT2D eigenvalue weighted by Gasteiger charge is 2.29. The van der Waals surface area contributed by atoms with Crippen molar-refractivity contribution in [3.05, 3.63) is 53.6 Å². The van der Waals surface area contributed by atoms with Gasteiger partial charge in [0.1, 0.15) is 0 Å². The van der Waals surface area contributed by atoms with Crippen molar-refractivity contribution in [3.8, 4) is 0 Å². The summed E-state index contributed by atoms with van der Waals surface area (Å²) in [7, 11) is 0. The van der Waals surface area contributed by atoms with Gasteiger partial charge in [0.15, 0.2) is 0 Å².